The molecule has 8 heteroatoms. The highest BCUT2D eigenvalue weighted by molar-refractivity contribution is 5.78. The number of ether oxygens (including phenoxy) is 4. The summed E-state index contributed by atoms with van der Waals surface area (Å²) < 4.78 is 49.2. The summed E-state index contributed by atoms with van der Waals surface area (Å²) in [5.74, 6) is -6.17. The molecule has 6 fully saturated rings. The van der Waals surface area contributed by atoms with Crippen LogP contribution in [0.2, 0.25) is 0 Å². The first kappa shape index (κ1) is 15.9. The second kappa shape index (κ2) is 4.91. The van der Waals surface area contributed by atoms with E-state index in [2.05, 4.69) is 0 Å². The van der Waals surface area contributed by atoms with Crippen molar-refractivity contribution in [2.45, 2.75) is 62.6 Å². The Bertz CT molecular complexity index is 633. The third-order valence-corrected chi connectivity index (χ3v) is 6.58. The molecule has 2 saturated heterocycles. The number of carbonyl (C=O) groups excluding carboxylic acids is 2. The number of cyclic esters (lactones) is 1. The van der Waals surface area contributed by atoms with Gasteiger partial charge in [-0.05, 0) is 37.5 Å². The van der Waals surface area contributed by atoms with E-state index in [1.165, 1.54) is 0 Å². The van der Waals surface area contributed by atoms with Crippen LogP contribution in [-0.2, 0) is 28.5 Å². The van der Waals surface area contributed by atoms with Crippen LogP contribution < -0.4 is 0 Å². The summed E-state index contributed by atoms with van der Waals surface area (Å²) in [6.07, 6.45) is 1.34. The number of fused-ring (bicyclic) bond motifs is 1. The molecule has 4 bridgehead atoms. The van der Waals surface area contributed by atoms with Gasteiger partial charge in [0.2, 0.25) is 0 Å². The monoisotopic (exact) mass is 358 g/mol. The van der Waals surface area contributed by atoms with Crippen LogP contribution in [0.4, 0.5) is 8.78 Å². The number of esters is 2. The minimum atomic E-state index is -3.53. The Morgan fingerprint density at radius 3 is 2.76 bits per heavy atom. The van der Waals surface area contributed by atoms with Gasteiger partial charge in [0, 0.05) is 12.8 Å². The SMILES string of the molecule is CC(F)(F)C(=O)OC1C2CC3CC(C2)C2(OC4COC(=O)C4O2)C1C3. The lowest BCUT2D eigenvalue weighted by Gasteiger charge is -2.60. The summed E-state index contributed by atoms with van der Waals surface area (Å²) in [6, 6.07) is 0. The van der Waals surface area contributed by atoms with E-state index >= 15 is 0 Å². The Morgan fingerprint density at radius 1 is 1.24 bits per heavy atom. The maximum absolute atomic E-state index is 13.3. The predicted molar refractivity (Wildman–Crippen MR) is 76.4 cm³/mol. The van der Waals surface area contributed by atoms with E-state index in [0.717, 1.165) is 12.8 Å². The van der Waals surface area contributed by atoms with Crippen molar-refractivity contribution in [2.75, 3.05) is 6.61 Å². The van der Waals surface area contributed by atoms with Gasteiger partial charge in [-0.15, -0.1) is 0 Å². The van der Waals surface area contributed by atoms with Gasteiger partial charge in [0.05, 0.1) is 5.92 Å². The van der Waals surface area contributed by atoms with Gasteiger partial charge in [0.1, 0.15) is 18.8 Å². The molecule has 0 amide bonds. The summed E-state index contributed by atoms with van der Waals surface area (Å²) in [6.45, 7) is 0.694. The van der Waals surface area contributed by atoms with Crippen LogP contribution in [-0.4, -0.2) is 48.6 Å². The molecule has 0 aromatic rings. The van der Waals surface area contributed by atoms with Crippen LogP contribution >= 0.6 is 0 Å². The summed E-state index contributed by atoms with van der Waals surface area (Å²) in [7, 11) is 0. The van der Waals surface area contributed by atoms with E-state index in [0.29, 0.717) is 25.7 Å². The Balaban J connectivity index is 1.45. The maximum Gasteiger partial charge on any atom is 0.376 e. The van der Waals surface area contributed by atoms with E-state index in [9.17, 15) is 18.4 Å². The fourth-order valence-electron chi connectivity index (χ4n) is 5.73. The van der Waals surface area contributed by atoms with E-state index < -0.39 is 42.0 Å². The van der Waals surface area contributed by atoms with Crippen LogP contribution in [0.5, 0.6) is 0 Å². The molecule has 0 aromatic carbocycles. The van der Waals surface area contributed by atoms with Crippen LogP contribution in [0.3, 0.4) is 0 Å². The molecule has 2 heterocycles. The van der Waals surface area contributed by atoms with Gasteiger partial charge in [-0.2, -0.15) is 8.78 Å². The quantitative estimate of drug-likeness (QED) is 0.699. The molecule has 25 heavy (non-hydrogen) atoms. The lowest BCUT2D eigenvalue weighted by Crippen LogP contribution is -2.65. The van der Waals surface area contributed by atoms with E-state index in [1.807, 2.05) is 0 Å². The molecule has 0 radical (unpaired) electrons. The molecule has 6 rings (SSSR count). The van der Waals surface area contributed by atoms with Crippen LogP contribution in [0, 0.1) is 23.7 Å². The van der Waals surface area contributed by atoms with E-state index in [4.69, 9.17) is 18.9 Å². The molecule has 1 spiro atoms. The smallest absolute Gasteiger partial charge is 0.376 e. The third kappa shape index (κ3) is 2.13. The largest absolute Gasteiger partial charge is 0.461 e. The molecular weight excluding hydrogens is 338 g/mol. The normalized spacial score (nSPS) is 50.2. The molecule has 2 aliphatic heterocycles. The van der Waals surface area contributed by atoms with Gasteiger partial charge in [-0.1, -0.05) is 0 Å². The Labute approximate surface area is 143 Å². The van der Waals surface area contributed by atoms with Gasteiger partial charge in [0.15, 0.2) is 11.9 Å². The zero-order valence-electron chi connectivity index (χ0n) is 13.8. The average Bonchev–Trinajstić information content (AvgIpc) is 3.07. The fourth-order valence-corrected chi connectivity index (χ4v) is 5.73. The van der Waals surface area contributed by atoms with Crippen molar-refractivity contribution in [3.05, 3.63) is 0 Å². The number of carbonyl (C=O) groups is 2. The Hall–Kier alpha value is -1.28. The first-order chi connectivity index (χ1) is 11.8. The summed E-state index contributed by atoms with van der Waals surface area (Å²) in [4.78, 5) is 23.6. The molecule has 4 aliphatic carbocycles. The molecule has 4 saturated carbocycles. The number of rotatable bonds is 2. The van der Waals surface area contributed by atoms with Crippen molar-refractivity contribution in [2.24, 2.45) is 23.7 Å². The molecule has 8 unspecified atom stereocenters. The van der Waals surface area contributed by atoms with Crippen LogP contribution in [0.15, 0.2) is 0 Å². The molecule has 0 aromatic heterocycles. The first-order valence-electron chi connectivity index (χ1n) is 8.89. The highest BCUT2D eigenvalue weighted by atomic mass is 19.3. The van der Waals surface area contributed by atoms with Crippen molar-refractivity contribution in [1.29, 1.82) is 0 Å². The van der Waals surface area contributed by atoms with Gasteiger partial charge in [0.25, 0.3) is 0 Å². The van der Waals surface area contributed by atoms with Gasteiger partial charge < -0.3 is 18.9 Å². The zero-order valence-corrected chi connectivity index (χ0v) is 13.8. The van der Waals surface area contributed by atoms with Crippen molar-refractivity contribution < 1.29 is 37.3 Å². The summed E-state index contributed by atoms with van der Waals surface area (Å²) in [5.41, 5.74) is 0. The minimum absolute atomic E-state index is 0.0546. The van der Waals surface area contributed by atoms with E-state index in [1.54, 1.807) is 0 Å². The number of alkyl halides is 2. The zero-order chi connectivity index (χ0) is 17.6. The minimum Gasteiger partial charge on any atom is -0.461 e. The average molecular weight is 358 g/mol. The van der Waals surface area contributed by atoms with E-state index in [-0.39, 0.29) is 24.4 Å². The van der Waals surface area contributed by atoms with Crippen LogP contribution in [0.1, 0.15) is 32.6 Å². The highest BCUT2D eigenvalue weighted by Crippen LogP contribution is 2.63. The summed E-state index contributed by atoms with van der Waals surface area (Å²) in [5, 5.41) is 0. The molecule has 8 atom stereocenters. The number of halogens is 2. The Kier molecular flexibility index (Phi) is 3.13. The fraction of sp³-hybridized carbons (Fsp3) is 0.882. The number of hydrogen-bond acceptors (Lipinski definition) is 6. The van der Waals surface area contributed by atoms with Crippen molar-refractivity contribution in [3.63, 3.8) is 0 Å². The Morgan fingerprint density at radius 2 is 2.04 bits per heavy atom. The lowest BCUT2D eigenvalue weighted by atomic mass is 9.52. The highest BCUT2D eigenvalue weighted by Gasteiger charge is 2.70. The van der Waals surface area contributed by atoms with Crippen molar-refractivity contribution in [3.8, 4) is 0 Å². The van der Waals surface area contributed by atoms with Crippen LogP contribution in [0.25, 0.3) is 0 Å². The molecule has 6 nitrogen and oxygen atoms in total. The predicted octanol–water partition coefficient (Wildman–Crippen LogP) is 1.66. The standard InChI is InChI=1S/C17H20F2O6/c1-16(18,19)15(21)23-12-8-2-7-3-9(5-8)17(10(12)4-7)24-11-6-22-14(20)13(11)25-17/h7-13H,2-6H2,1H3. The first-order valence-corrected chi connectivity index (χ1v) is 8.89. The summed E-state index contributed by atoms with van der Waals surface area (Å²) >= 11 is 0. The maximum atomic E-state index is 13.3. The van der Waals surface area contributed by atoms with Crippen molar-refractivity contribution in [1.82, 2.24) is 0 Å². The molecule has 138 valence electrons. The van der Waals surface area contributed by atoms with Crippen molar-refractivity contribution >= 4 is 11.9 Å². The second-order valence-electron chi connectivity index (χ2n) is 8.18. The van der Waals surface area contributed by atoms with Gasteiger partial charge >= 0.3 is 17.9 Å². The van der Waals surface area contributed by atoms with Gasteiger partial charge in [-0.3, -0.25) is 0 Å². The molecular formula is C17H20F2O6. The van der Waals surface area contributed by atoms with Gasteiger partial charge in [-0.25, -0.2) is 9.59 Å². The molecule has 0 N–H and O–H groups in total. The third-order valence-electron chi connectivity index (χ3n) is 6.58. The molecule has 6 aliphatic rings. The lowest BCUT2D eigenvalue weighted by molar-refractivity contribution is -0.328. The topological polar surface area (TPSA) is 71.1 Å². The number of hydrogen-bond donors (Lipinski definition) is 0. The second-order valence-corrected chi connectivity index (χ2v) is 8.18.